The summed E-state index contributed by atoms with van der Waals surface area (Å²) < 4.78 is 0. The maximum atomic E-state index is 9.10. The van der Waals surface area contributed by atoms with Crippen LogP contribution in [0.1, 0.15) is 30.4 Å². The molecular formula is C19H24N2O. The van der Waals surface area contributed by atoms with E-state index in [2.05, 4.69) is 46.6 Å². The van der Waals surface area contributed by atoms with Crippen molar-refractivity contribution in [3.8, 4) is 0 Å². The molecule has 3 rings (SSSR count). The molecule has 3 heteroatoms. The number of anilines is 2. The molecule has 0 aromatic heterocycles. The third-order valence-corrected chi connectivity index (χ3v) is 4.29. The molecule has 1 heterocycles. The summed E-state index contributed by atoms with van der Waals surface area (Å²) in [5, 5.41) is 12.7. The molecule has 0 unspecified atom stereocenters. The Hall–Kier alpha value is -2.00. The highest BCUT2D eigenvalue weighted by molar-refractivity contribution is 5.70. The van der Waals surface area contributed by atoms with E-state index in [9.17, 15) is 0 Å². The van der Waals surface area contributed by atoms with E-state index in [0.29, 0.717) is 0 Å². The topological polar surface area (TPSA) is 35.5 Å². The number of rotatable bonds is 5. The quantitative estimate of drug-likeness (QED) is 0.881. The fraction of sp³-hybridized carbons (Fsp3) is 0.368. The molecule has 116 valence electrons. The first kappa shape index (κ1) is 14.9. The lowest BCUT2D eigenvalue weighted by atomic mass is 10.1. The van der Waals surface area contributed by atoms with Gasteiger partial charge < -0.3 is 15.3 Å². The predicted octanol–water partition coefficient (Wildman–Crippen LogP) is 3.78. The van der Waals surface area contributed by atoms with Gasteiger partial charge in [-0.2, -0.15) is 0 Å². The minimum Gasteiger partial charge on any atom is -0.392 e. The Morgan fingerprint density at radius 1 is 0.864 bits per heavy atom. The molecular weight excluding hydrogens is 272 g/mol. The second kappa shape index (κ2) is 7.32. The van der Waals surface area contributed by atoms with Gasteiger partial charge in [0.15, 0.2) is 0 Å². The van der Waals surface area contributed by atoms with Crippen molar-refractivity contribution >= 4 is 11.4 Å². The zero-order valence-corrected chi connectivity index (χ0v) is 13.0. The lowest BCUT2D eigenvalue weighted by Crippen LogP contribution is -2.30. The molecule has 0 bridgehead atoms. The van der Waals surface area contributed by atoms with Crippen LogP contribution in [0, 0.1) is 0 Å². The van der Waals surface area contributed by atoms with Gasteiger partial charge in [0.05, 0.1) is 18.0 Å². The van der Waals surface area contributed by atoms with Crippen LogP contribution in [-0.2, 0) is 13.2 Å². The smallest absolute Gasteiger partial charge is 0.0681 e. The van der Waals surface area contributed by atoms with E-state index in [1.165, 1.54) is 36.2 Å². The highest BCUT2D eigenvalue weighted by Gasteiger charge is 2.13. The Morgan fingerprint density at radius 2 is 1.55 bits per heavy atom. The van der Waals surface area contributed by atoms with Crippen molar-refractivity contribution in [1.82, 2.24) is 0 Å². The largest absolute Gasteiger partial charge is 0.392 e. The van der Waals surface area contributed by atoms with Gasteiger partial charge in [0.25, 0.3) is 0 Å². The molecule has 22 heavy (non-hydrogen) atoms. The van der Waals surface area contributed by atoms with Crippen LogP contribution in [0.3, 0.4) is 0 Å². The van der Waals surface area contributed by atoms with Crippen LogP contribution >= 0.6 is 0 Å². The number of para-hydroxylation sites is 2. The van der Waals surface area contributed by atoms with Crippen LogP contribution in [0.2, 0.25) is 0 Å². The SMILES string of the molecule is OCc1ccc(CNc2ccccc2N2CCCCC2)cc1. The van der Waals surface area contributed by atoms with Gasteiger partial charge in [0.1, 0.15) is 0 Å². The van der Waals surface area contributed by atoms with Gasteiger partial charge in [0.2, 0.25) is 0 Å². The summed E-state index contributed by atoms with van der Waals surface area (Å²) in [4.78, 5) is 2.49. The summed E-state index contributed by atoms with van der Waals surface area (Å²) in [7, 11) is 0. The van der Waals surface area contributed by atoms with E-state index in [1.54, 1.807) is 0 Å². The van der Waals surface area contributed by atoms with Crippen molar-refractivity contribution in [2.75, 3.05) is 23.3 Å². The highest BCUT2D eigenvalue weighted by atomic mass is 16.3. The van der Waals surface area contributed by atoms with Crippen LogP contribution in [-0.4, -0.2) is 18.2 Å². The molecule has 1 saturated heterocycles. The standard InChI is InChI=1S/C19H24N2O/c22-15-17-10-8-16(9-11-17)14-20-18-6-2-3-7-19(18)21-12-4-1-5-13-21/h2-3,6-11,20,22H,1,4-5,12-15H2. The Bertz CT molecular complexity index is 589. The van der Waals surface area contributed by atoms with E-state index >= 15 is 0 Å². The van der Waals surface area contributed by atoms with E-state index in [4.69, 9.17) is 5.11 Å². The van der Waals surface area contributed by atoms with Crippen molar-refractivity contribution in [1.29, 1.82) is 0 Å². The van der Waals surface area contributed by atoms with Gasteiger partial charge in [0, 0.05) is 19.6 Å². The number of nitrogens with zero attached hydrogens (tertiary/aromatic N) is 1. The molecule has 0 radical (unpaired) electrons. The highest BCUT2D eigenvalue weighted by Crippen LogP contribution is 2.28. The normalized spacial score (nSPS) is 14.9. The summed E-state index contributed by atoms with van der Waals surface area (Å²) in [5.41, 5.74) is 4.70. The van der Waals surface area contributed by atoms with Crippen molar-refractivity contribution in [3.05, 3.63) is 59.7 Å². The monoisotopic (exact) mass is 296 g/mol. The summed E-state index contributed by atoms with van der Waals surface area (Å²) in [6, 6.07) is 16.7. The second-order valence-corrected chi connectivity index (χ2v) is 5.89. The summed E-state index contributed by atoms with van der Waals surface area (Å²) >= 11 is 0. The maximum absolute atomic E-state index is 9.10. The van der Waals surface area contributed by atoms with E-state index in [0.717, 1.165) is 25.2 Å². The molecule has 0 saturated carbocycles. The van der Waals surface area contributed by atoms with Crippen molar-refractivity contribution in [3.63, 3.8) is 0 Å². The molecule has 0 atom stereocenters. The van der Waals surface area contributed by atoms with Crippen LogP contribution in [0.15, 0.2) is 48.5 Å². The Morgan fingerprint density at radius 3 is 2.27 bits per heavy atom. The van der Waals surface area contributed by atoms with Gasteiger partial charge in [-0.1, -0.05) is 36.4 Å². The molecule has 3 nitrogen and oxygen atoms in total. The number of hydrogen-bond donors (Lipinski definition) is 2. The summed E-state index contributed by atoms with van der Waals surface area (Å²) in [5.74, 6) is 0. The number of benzene rings is 2. The molecule has 0 aliphatic carbocycles. The minimum atomic E-state index is 0.103. The van der Waals surface area contributed by atoms with Gasteiger partial charge >= 0.3 is 0 Å². The van der Waals surface area contributed by atoms with Gasteiger partial charge in [-0.15, -0.1) is 0 Å². The van der Waals surface area contributed by atoms with Crippen LogP contribution < -0.4 is 10.2 Å². The number of hydrogen-bond acceptors (Lipinski definition) is 3. The first-order valence-electron chi connectivity index (χ1n) is 8.13. The molecule has 0 amide bonds. The molecule has 2 aromatic rings. The van der Waals surface area contributed by atoms with Crippen LogP contribution in [0.5, 0.6) is 0 Å². The van der Waals surface area contributed by atoms with Gasteiger partial charge in [-0.3, -0.25) is 0 Å². The fourth-order valence-electron chi connectivity index (χ4n) is 2.99. The zero-order valence-electron chi connectivity index (χ0n) is 13.0. The van der Waals surface area contributed by atoms with Gasteiger partial charge in [-0.05, 0) is 42.5 Å². The van der Waals surface area contributed by atoms with Crippen molar-refractivity contribution in [2.24, 2.45) is 0 Å². The van der Waals surface area contributed by atoms with Crippen molar-refractivity contribution in [2.45, 2.75) is 32.4 Å². The maximum Gasteiger partial charge on any atom is 0.0681 e. The average molecular weight is 296 g/mol. The van der Waals surface area contributed by atoms with E-state index < -0.39 is 0 Å². The summed E-state index contributed by atoms with van der Waals surface area (Å²) in [6.07, 6.45) is 3.93. The minimum absolute atomic E-state index is 0.103. The number of aliphatic hydroxyl groups is 1. The van der Waals surface area contributed by atoms with E-state index in [-0.39, 0.29) is 6.61 Å². The van der Waals surface area contributed by atoms with Crippen LogP contribution in [0.25, 0.3) is 0 Å². The molecule has 0 spiro atoms. The average Bonchev–Trinajstić information content (AvgIpc) is 2.61. The molecule has 1 aliphatic heterocycles. The third-order valence-electron chi connectivity index (χ3n) is 4.29. The predicted molar refractivity (Wildman–Crippen MR) is 92.2 cm³/mol. The Balaban J connectivity index is 1.68. The molecule has 1 aliphatic rings. The number of piperidine rings is 1. The first-order valence-corrected chi connectivity index (χ1v) is 8.13. The molecule has 2 N–H and O–H groups in total. The number of nitrogens with one attached hydrogen (secondary N) is 1. The Kier molecular flexibility index (Phi) is 4.96. The van der Waals surface area contributed by atoms with Crippen molar-refractivity contribution < 1.29 is 5.11 Å². The van der Waals surface area contributed by atoms with Crippen LogP contribution in [0.4, 0.5) is 11.4 Å². The molecule has 1 fully saturated rings. The fourth-order valence-corrected chi connectivity index (χ4v) is 2.99. The first-order chi connectivity index (χ1) is 10.9. The Labute approximate surface area is 132 Å². The lowest BCUT2D eigenvalue weighted by molar-refractivity contribution is 0.282. The van der Waals surface area contributed by atoms with E-state index in [1.807, 2.05) is 12.1 Å². The zero-order chi connectivity index (χ0) is 15.2. The third kappa shape index (κ3) is 3.60. The summed E-state index contributed by atoms with van der Waals surface area (Å²) in [6.45, 7) is 3.22. The van der Waals surface area contributed by atoms with Gasteiger partial charge in [-0.25, -0.2) is 0 Å². The number of aliphatic hydroxyl groups excluding tert-OH is 1. The molecule has 2 aromatic carbocycles. The lowest BCUT2D eigenvalue weighted by Gasteiger charge is -2.30. The second-order valence-electron chi connectivity index (χ2n) is 5.89.